The van der Waals surface area contributed by atoms with Crippen molar-refractivity contribution < 1.29 is 5.11 Å². The van der Waals surface area contributed by atoms with Gasteiger partial charge >= 0.3 is 0 Å². The monoisotopic (exact) mass is 264 g/mol. The Morgan fingerprint density at radius 3 is 2.45 bits per heavy atom. The molecule has 1 heterocycles. The summed E-state index contributed by atoms with van der Waals surface area (Å²) >= 11 is 0. The summed E-state index contributed by atoms with van der Waals surface area (Å²) in [6, 6.07) is 18.1. The maximum Gasteiger partial charge on any atom is 0.0933 e. The van der Waals surface area contributed by atoms with Crippen molar-refractivity contribution in [1.82, 2.24) is 4.98 Å². The Kier molecular flexibility index (Phi) is 3.61. The zero-order valence-corrected chi connectivity index (χ0v) is 11.1. The van der Waals surface area contributed by atoms with E-state index in [1.54, 1.807) is 0 Å². The molecular weight excluding hydrogens is 248 g/mol. The molecule has 0 fully saturated rings. The van der Waals surface area contributed by atoms with Gasteiger partial charge in [0.05, 0.1) is 17.8 Å². The quantitative estimate of drug-likeness (QED) is 0.759. The Morgan fingerprint density at radius 1 is 0.900 bits per heavy atom. The van der Waals surface area contributed by atoms with Gasteiger partial charge in [0.2, 0.25) is 0 Å². The van der Waals surface area contributed by atoms with Crippen LogP contribution in [0.5, 0.6) is 0 Å². The molecule has 3 nitrogen and oxygen atoms in total. The molecule has 0 aliphatic heterocycles. The molecule has 20 heavy (non-hydrogen) atoms. The van der Waals surface area contributed by atoms with E-state index in [1.165, 1.54) is 5.56 Å². The summed E-state index contributed by atoms with van der Waals surface area (Å²) in [5.74, 6) is 0. The molecule has 0 amide bonds. The SMILES string of the molecule is OCc1ccc(CNc2cccc3cccnc23)cc1. The van der Waals surface area contributed by atoms with Gasteiger partial charge in [0, 0.05) is 18.1 Å². The molecule has 0 aliphatic rings. The Labute approximate surface area is 117 Å². The first-order valence-corrected chi connectivity index (χ1v) is 6.63. The van der Waals surface area contributed by atoms with E-state index < -0.39 is 0 Å². The second-order valence-electron chi connectivity index (χ2n) is 4.71. The van der Waals surface area contributed by atoms with Gasteiger partial charge < -0.3 is 10.4 Å². The minimum atomic E-state index is 0.0843. The van der Waals surface area contributed by atoms with E-state index in [0.717, 1.165) is 28.7 Å². The van der Waals surface area contributed by atoms with Crippen LogP contribution < -0.4 is 5.32 Å². The zero-order chi connectivity index (χ0) is 13.8. The summed E-state index contributed by atoms with van der Waals surface area (Å²) in [6.45, 7) is 0.822. The fourth-order valence-corrected chi connectivity index (χ4v) is 2.21. The third kappa shape index (κ3) is 2.63. The highest BCUT2D eigenvalue weighted by Gasteiger charge is 2.01. The summed E-state index contributed by atoms with van der Waals surface area (Å²) in [7, 11) is 0. The predicted octanol–water partition coefficient (Wildman–Crippen LogP) is 3.34. The molecule has 0 aliphatic carbocycles. The summed E-state index contributed by atoms with van der Waals surface area (Å²) in [6.07, 6.45) is 1.81. The number of aliphatic hydroxyl groups is 1. The molecule has 0 bridgehead atoms. The topological polar surface area (TPSA) is 45.1 Å². The zero-order valence-electron chi connectivity index (χ0n) is 11.1. The van der Waals surface area contributed by atoms with Gasteiger partial charge in [-0.05, 0) is 23.3 Å². The van der Waals surface area contributed by atoms with Gasteiger partial charge in [-0.25, -0.2) is 0 Å². The first-order valence-electron chi connectivity index (χ1n) is 6.63. The maximum absolute atomic E-state index is 9.03. The Bertz CT molecular complexity index is 702. The standard InChI is InChI=1S/C17H16N2O/c20-12-14-8-6-13(7-9-14)11-19-16-5-1-3-15-4-2-10-18-17(15)16/h1-10,19-20H,11-12H2. The molecule has 0 atom stereocenters. The van der Waals surface area contributed by atoms with Crippen LogP contribution >= 0.6 is 0 Å². The molecule has 1 aromatic heterocycles. The van der Waals surface area contributed by atoms with E-state index in [4.69, 9.17) is 5.11 Å². The lowest BCUT2D eigenvalue weighted by molar-refractivity contribution is 0.282. The highest BCUT2D eigenvalue weighted by atomic mass is 16.3. The van der Waals surface area contributed by atoms with Crippen LogP contribution in [0.2, 0.25) is 0 Å². The lowest BCUT2D eigenvalue weighted by atomic mass is 10.1. The molecule has 0 saturated carbocycles. The molecule has 0 saturated heterocycles. The Balaban J connectivity index is 1.79. The van der Waals surface area contributed by atoms with E-state index in [9.17, 15) is 0 Å². The molecule has 2 N–H and O–H groups in total. The Hall–Kier alpha value is -2.39. The van der Waals surface area contributed by atoms with Gasteiger partial charge in [0.15, 0.2) is 0 Å². The van der Waals surface area contributed by atoms with E-state index in [2.05, 4.69) is 22.4 Å². The van der Waals surface area contributed by atoms with Gasteiger partial charge in [-0.2, -0.15) is 0 Å². The lowest BCUT2D eigenvalue weighted by Crippen LogP contribution is -2.00. The van der Waals surface area contributed by atoms with E-state index in [-0.39, 0.29) is 6.61 Å². The summed E-state index contributed by atoms with van der Waals surface area (Å²) < 4.78 is 0. The van der Waals surface area contributed by atoms with Crippen LogP contribution in [0, 0.1) is 0 Å². The number of anilines is 1. The van der Waals surface area contributed by atoms with Crippen molar-refractivity contribution in [2.75, 3.05) is 5.32 Å². The van der Waals surface area contributed by atoms with Crippen molar-refractivity contribution in [3.63, 3.8) is 0 Å². The molecular formula is C17H16N2O. The van der Waals surface area contributed by atoms with Gasteiger partial charge in [0.25, 0.3) is 0 Å². The molecule has 100 valence electrons. The number of para-hydroxylation sites is 1. The number of aliphatic hydroxyl groups excluding tert-OH is 1. The fraction of sp³-hybridized carbons (Fsp3) is 0.118. The van der Waals surface area contributed by atoms with Crippen LogP contribution in [0.3, 0.4) is 0 Å². The third-order valence-electron chi connectivity index (χ3n) is 3.32. The van der Waals surface area contributed by atoms with Crippen LogP contribution in [-0.4, -0.2) is 10.1 Å². The van der Waals surface area contributed by atoms with Crippen molar-refractivity contribution in [3.8, 4) is 0 Å². The van der Waals surface area contributed by atoms with Crippen molar-refractivity contribution in [3.05, 3.63) is 71.9 Å². The highest BCUT2D eigenvalue weighted by molar-refractivity contribution is 5.90. The van der Waals surface area contributed by atoms with Crippen LogP contribution in [0.15, 0.2) is 60.8 Å². The smallest absolute Gasteiger partial charge is 0.0933 e. The number of hydrogen-bond donors (Lipinski definition) is 2. The largest absolute Gasteiger partial charge is 0.392 e. The van der Waals surface area contributed by atoms with Gasteiger partial charge in [-0.15, -0.1) is 0 Å². The number of rotatable bonds is 4. The first kappa shape index (κ1) is 12.6. The molecule has 2 aromatic carbocycles. The van der Waals surface area contributed by atoms with Crippen molar-refractivity contribution in [1.29, 1.82) is 0 Å². The number of nitrogens with one attached hydrogen (secondary N) is 1. The molecule has 0 spiro atoms. The van der Waals surface area contributed by atoms with Crippen molar-refractivity contribution in [2.24, 2.45) is 0 Å². The summed E-state index contributed by atoms with van der Waals surface area (Å²) in [4.78, 5) is 4.43. The normalized spacial score (nSPS) is 10.7. The average molecular weight is 264 g/mol. The van der Waals surface area contributed by atoms with Crippen molar-refractivity contribution >= 4 is 16.6 Å². The number of nitrogens with zero attached hydrogens (tertiary/aromatic N) is 1. The summed E-state index contributed by atoms with van der Waals surface area (Å²) in [5.41, 5.74) is 4.13. The molecule has 0 unspecified atom stereocenters. The van der Waals surface area contributed by atoms with Gasteiger partial charge in [-0.1, -0.05) is 42.5 Å². The number of pyridine rings is 1. The molecule has 3 aromatic rings. The van der Waals surface area contributed by atoms with E-state index >= 15 is 0 Å². The van der Waals surface area contributed by atoms with Crippen LogP contribution in [0.25, 0.3) is 10.9 Å². The minimum absolute atomic E-state index is 0.0843. The number of benzene rings is 2. The Morgan fingerprint density at radius 2 is 1.65 bits per heavy atom. The predicted molar refractivity (Wildman–Crippen MR) is 81.4 cm³/mol. The van der Waals surface area contributed by atoms with E-state index in [1.807, 2.05) is 48.7 Å². The number of fused-ring (bicyclic) bond motifs is 1. The van der Waals surface area contributed by atoms with Crippen LogP contribution in [0.1, 0.15) is 11.1 Å². The van der Waals surface area contributed by atoms with Gasteiger partial charge in [-0.3, -0.25) is 4.98 Å². The minimum Gasteiger partial charge on any atom is -0.392 e. The molecule has 3 heteroatoms. The highest BCUT2D eigenvalue weighted by Crippen LogP contribution is 2.21. The lowest BCUT2D eigenvalue weighted by Gasteiger charge is -2.09. The van der Waals surface area contributed by atoms with Crippen molar-refractivity contribution in [2.45, 2.75) is 13.2 Å². The third-order valence-corrected chi connectivity index (χ3v) is 3.32. The number of hydrogen-bond acceptors (Lipinski definition) is 3. The summed E-state index contributed by atoms with van der Waals surface area (Å²) in [5, 5.41) is 13.6. The van der Waals surface area contributed by atoms with Crippen LogP contribution in [0.4, 0.5) is 5.69 Å². The second kappa shape index (κ2) is 5.72. The van der Waals surface area contributed by atoms with Crippen LogP contribution in [-0.2, 0) is 13.2 Å². The maximum atomic E-state index is 9.03. The fourth-order valence-electron chi connectivity index (χ4n) is 2.21. The molecule has 0 radical (unpaired) electrons. The second-order valence-corrected chi connectivity index (χ2v) is 4.71. The first-order chi connectivity index (χ1) is 9.86. The van der Waals surface area contributed by atoms with Gasteiger partial charge in [0.1, 0.15) is 0 Å². The average Bonchev–Trinajstić information content (AvgIpc) is 2.53. The molecule has 3 rings (SSSR count). The number of aromatic nitrogens is 1. The van der Waals surface area contributed by atoms with E-state index in [0.29, 0.717) is 0 Å².